The van der Waals surface area contributed by atoms with Gasteiger partial charge >= 0.3 is 0 Å². The number of imidazole rings is 4. The van der Waals surface area contributed by atoms with Gasteiger partial charge in [0.2, 0.25) is 17.8 Å². The number of benzene rings is 7. The summed E-state index contributed by atoms with van der Waals surface area (Å²) in [5.41, 5.74) is 34.9. The van der Waals surface area contributed by atoms with Gasteiger partial charge in [-0.15, -0.1) is 61.8 Å². The van der Waals surface area contributed by atoms with E-state index in [2.05, 4.69) is 354 Å². The molecular weight excluding hydrogens is 1970 g/mol. The van der Waals surface area contributed by atoms with Crippen LogP contribution in [-0.4, -0.2) is 174 Å². The van der Waals surface area contributed by atoms with Gasteiger partial charge in [-0.25, -0.2) is 79.4 Å². The lowest BCUT2D eigenvalue weighted by Crippen LogP contribution is -2.22. The zero-order valence-electron chi connectivity index (χ0n) is 88.7. The fraction of sp³-hybridized carbons (Fsp3) is 0.265. The smallest absolute Gasteiger partial charge is 0.234 e. The van der Waals surface area contributed by atoms with Crippen molar-refractivity contribution in [2.24, 2.45) is 0 Å². The maximum atomic E-state index is 4.80. The number of aromatic nitrogens is 22. The molecule has 0 unspecified atom stereocenters. The van der Waals surface area contributed by atoms with Crippen molar-refractivity contribution in [2.45, 2.75) is 138 Å². The van der Waals surface area contributed by atoms with Crippen LogP contribution < -0.4 is 51.1 Å². The van der Waals surface area contributed by atoms with Crippen molar-refractivity contribution in [1.29, 1.82) is 0 Å². The molecule has 20 rings (SSSR count). The van der Waals surface area contributed by atoms with Crippen LogP contribution in [0.15, 0.2) is 254 Å². The van der Waals surface area contributed by atoms with Gasteiger partial charge in [0.15, 0.2) is 25.7 Å². The Kier molecular flexibility index (Phi) is 35.6. The lowest BCUT2D eigenvalue weighted by Gasteiger charge is -2.24. The van der Waals surface area contributed by atoms with E-state index in [1.807, 2.05) is 105 Å². The van der Waals surface area contributed by atoms with Gasteiger partial charge in [0, 0.05) is 245 Å². The Morgan fingerprint density at radius 2 is 0.567 bits per heavy atom. The second kappa shape index (κ2) is 50.1. The van der Waals surface area contributed by atoms with E-state index in [4.69, 9.17) is 24.9 Å². The third-order valence-corrected chi connectivity index (χ3v) is 29.2. The molecule has 0 atom stereocenters. The fourth-order valence-corrected chi connectivity index (χ4v) is 20.2. The molecule has 13 aromatic heterocycles. The van der Waals surface area contributed by atoms with Crippen LogP contribution in [0.3, 0.4) is 0 Å². The van der Waals surface area contributed by atoms with Crippen LogP contribution >= 0.6 is 56.7 Å². The molecular formula is C113H128N32S5. The standard InChI is InChI=1S/C23H27N7S.C23H26N6S.C23H25N5S.2C22H25N7S/c1-6-29(7-2)21-9-19(15(3)8-16(21)4)27-23-28-20(13-31-23)18-10-24-22(25-11-18)30-12-17(5)26-14-30;1-5-28(6-2)20-10-7-16(3)21(13-20)24-23-25-22(15-30-23)18-8-11-19(12-9-18)29-14-17(4)26-27-29;1-5-27(4)20-9-6-16(2)21(12-20)25-23-26-22(14-29-23)18-7-10-19(11-8-18)28-13-17(3)24-15-28;1-5-28(6-2)18-7-8-19(15(3)9-18)26-22-27-20(13-30-22)17-10-23-21(24-11-17)29-12-16(4)25-14-29;1-5-28(6-2)18-8-7-15(3)19(9-18)26-22-27-20(13-30-22)17-10-23-21(24-11-17)29-12-16(4)25-14-29/h8-14H,6-7H2,1-5H3,(H,27,28);7-15H,5-6H2,1-4H3,(H,24,25);6-15H,5H2,1-4H3,(H,25,26);2*7-14H,5-6H2,1-4H3,(H,26,27). The molecule has 0 aliphatic rings. The van der Waals surface area contributed by atoms with Gasteiger partial charge in [0.1, 0.15) is 19.0 Å². The van der Waals surface area contributed by atoms with E-state index in [-0.39, 0.29) is 0 Å². The molecule has 0 aliphatic heterocycles. The summed E-state index contributed by atoms with van der Waals surface area (Å²) in [6, 6.07) is 47.1. The zero-order chi connectivity index (χ0) is 106. The Morgan fingerprint density at radius 3 is 0.893 bits per heavy atom. The van der Waals surface area contributed by atoms with Gasteiger partial charge in [-0.3, -0.25) is 13.7 Å². The summed E-state index contributed by atoms with van der Waals surface area (Å²) >= 11 is 7.95. The van der Waals surface area contributed by atoms with E-state index in [0.29, 0.717) is 17.8 Å². The summed E-state index contributed by atoms with van der Waals surface area (Å²) < 4.78 is 9.21. The highest BCUT2D eigenvalue weighted by Crippen LogP contribution is 2.39. The molecule has 0 saturated heterocycles. The van der Waals surface area contributed by atoms with Crippen LogP contribution in [0.5, 0.6) is 0 Å². The maximum Gasteiger partial charge on any atom is 0.234 e. The maximum absolute atomic E-state index is 4.80. The van der Waals surface area contributed by atoms with Gasteiger partial charge in [0.25, 0.3) is 0 Å². The number of hydrogen-bond donors (Lipinski definition) is 5. The average Bonchev–Trinajstić information content (AvgIpc) is 1.41. The minimum atomic E-state index is 0.594. The summed E-state index contributed by atoms with van der Waals surface area (Å²) in [6.07, 6.45) is 27.4. The van der Waals surface area contributed by atoms with Crippen molar-refractivity contribution in [2.75, 3.05) is 117 Å². The Labute approximate surface area is 897 Å². The van der Waals surface area contributed by atoms with E-state index in [0.717, 1.165) is 209 Å². The topological polar surface area (TPSA) is 320 Å². The second-order valence-electron chi connectivity index (χ2n) is 35.9. The molecule has 0 saturated carbocycles. The highest BCUT2D eigenvalue weighted by molar-refractivity contribution is 7.15. The molecule has 32 nitrogen and oxygen atoms in total. The Bertz CT molecular complexity index is 7600. The van der Waals surface area contributed by atoms with E-state index >= 15 is 0 Å². The number of anilines is 15. The molecule has 0 aliphatic carbocycles. The van der Waals surface area contributed by atoms with Gasteiger partial charge < -0.3 is 55.7 Å². The molecule has 150 heavy (non-hydrogen) atoms. The molecule has 13 heterocycles. The number of thiazole rings is 5. The SMILES string of the molecule is CCN(C)c1ccc(C)c(Nc2nc(-c3ccc(-n4cnc(C)c4)cc3)cs2)c1.CCN(CC)c1cc(Nc2nc(-c3cnc(-n4cnc(C)c4)nc3)cs2)c(C)cc1C.CCN(CC)c1ccc(C)c(Nc2nc(-c3ccc(-n4cc(C)nn4)cc3)cs2)c1.CCN(CC)c1ccc(C)c(Nc2nc(-c3cnc(-n4cnc(C)c4)nc3)cs2)c1.CCN(CC)c1ccc(Nc2nc(-c3cnc(-n4cnc(C)c4)nc3)cs2)c(C)c1. The van der Waals surface area contributed by atoms with E-state index in [9.17, 15) is 0 Å². The van der Waals surface area contributed by atoms with Crippen molar-refractivity contribution in [3.8, 4) is 85.5 Å². The predicted molar refractivity (Wildman–Crippen MR) is 622 cm³/mol. The van der Waals surface area contributed by atoms with Crippen molar-refractivity contribution < 1.29 is 0 Å². The zero-order valence-corrected chi connectivity index (χ0v) is 92.8. The number of nitrogens with one attached hydrogen (secondary N) is 5. The Balaban J connectivity index is 0.000000133. The van der Waals surface area contributed by atoms with Gasteiger partial charge in [-0.2, -0.15) is 0 Å². The van der Waals surface area contributed by atoms with Crippen molar-refractivity contribution in [3.05, 3.63) is 316 Å². The Morgan fingerprint density at radius 1 is 0.260 bits per heavy atom. The van der Waals surface area contributed by atoms with Gasteiger partial charge in [0.05, 0.1) is 75.2 Å². The van der Waals surface area contributed by atoms with Crippen molar-refractivity contribution in [3.63, 3.8) is 0 Å². The van der Waals surface area contributed by atoms with Gasteiger partial charge in [-0.1, -0.05) is 53.7 Å². The van der Waals surface area contributed by atoms with Crippen molar-refractivity contribution >= 4 is 139 Å². The molecule has 7 aromatic carbocycles. The molecule has 20 aromatic rings. The lowest BCUT2D eigenvalue weighted by molar-refractivity contribution is 0.801. The minimum Gasteiger partial charge on any atom is -0.375 e. The molecule has 37 heteroatoms. The largest absolute Gasteiger partial charge is 0.375 e. The quantitative estimate of drug-likeness (QED) is 0.0250. The summed E-state index contributed by atoms with van der Waals surface area (Å²) in [5, 5.41) is 40.1. The van der Waals surface area contributed by atoms with Crippen LogP contribution in [0.4, 0.5) is 82.5 Å². The number of rotatable bonds is 34. The van der Waals surface area contributed by atoms with Gasteiger partial charge in [-0.05, 0) is 257 Å². The van der Waals surface area contributed by atoms with Crippen LogP contribution in [0.1, 0.15) is 124 Å². The first-order chi connectivity index (χ1) is 72.7. The minimum absolute atomic E-state index is 0.594. The molecule has 0 spiro atoms. The Hall–Kier alpha value is -16.1. The molecule has 0 fully saturated rings. The lowest BCUT2D eigenvalue weighted by atomic mass is 10.1. The van der Waals surface area contributed by atoms with Crippen LogP contribution in [-0.2, 0) is 0 Å². The average molecular weight is 2090 g/mol. The van der Waals surface area contributed by atoms with Crippen LogP contribution in [0.2, 0.25) is 0 Å². The summed E-state index contributed by atoms with van der Waals surface area (Å²) in [6.45, 7) is 50.9. The molecule has 5 N–H and O–H groups in total. The summed E-state index contributed by atoms with van der Waals surface area (Å²) in [5.74, 6) is 1.78. The van der Waals surface area contributed by atoms with Crippen LogP contribution in [0, 0.1) is 76.2 Å². The second-order valence-corrected chi connectivity index (χ2v) is 40.2. The molecule has 770 valence electrons. The molecule has 0 radical (unpaired) electrons. The fourth-order valence-electron chi connectivity index (χ4n) is 16.6. The molecule has 0 amide bonds. The highest BCUT2D eigenvalue weighted by atomic mass is 32.1. The van der Waals surface area contributed by atoms with E-state index in [1.54, 1.807) is 131 Å². The number of aryl methyl sites for hydroxylation is 11. The van der Waals surface area contributed by atoms with E-state index < -0.39 is 0 Å². The molecule has 0 bridgehead atoms. The summed E-state index contributed by atoms with van der Waals surface area (Å²) in [4.78, 5) is 79.0. The third kappa shape index (κ3) is 26.9. The summed E-state index contributed by atoms with van der Waals surface area (Å²) in [7, 11) is 2.10. The first kappa shape index (κ1) is 107. The third-order valence-electron chi connectivity index (χ3n) is 25.4. The monoisotopic (exact) mass is 2090 g/mol. The predicted octanol–water partition coefficient (Wildman–Crippen LogP) is 26.7. The highest BCUT2D eigenvalue weighted by Gasteiger charge is 2.20. The first-order valence-electron chi connectivity index (χ1n) is 50.2. The number of nitrogens with zero attached hydrogens (tertiary/aromatic N) is 27. The van der Waals surface area contributed by atoms with E-state index in [1.165, 1.54) is 61.8 Å². The number of hydrogen-bond acceptors (Lipinski definition) is 32. The van der Waals surface area contributed by atoms with Crippen molar-refractivity contribution in [1.82, 2.24) is 108 Å². The van der Waals surface area contributed by atoms with Crippen LogP contribution in [0.25, 0.3) is 85.5 Å². The normalized spacial score (nSPS) is 10.9. The first-order valence-corrected chi connectivity index (χ1v) is 54.6.